The Balaban J connectivity index is 2.41. The Bertz CT molecular complexity index is 541. The number of carbonyl (C=O) groups is 2. The first-order valence-electron chi connectivity index (χ1n) is 6.11. The van der Waals surface area contributed by atoms with Gasteiger partial charge in [0, 0.05) is 24.7 Å². The Labute approximate surface area is 115 Å². The van der Waals surface area contributed by atoms with Gasteiger partial charge < -0.3 is 20.4 Å². The lowest BCUT2D eigenvalue weighted by Crippen LogP contribution is -2.45. The summed E-state index contributed by atoms with van der Waals surface area (Å²) >= 11 is 0. The topological polar surface area (TPSA) is 113 Å². The van der Waals surface area contributed by atoms with E-state index in [1.807, 2.05) is 0 Å². The second kappa shape index (κ2) is 7.27. The van der Waals surface area contributed by atoms with Crippen LogP contribution in [0.25, 0.3) is 0 Å². The standard InChI is InChI=1S/C12H18N4O4/c1-7-6-10(17)16-9(14-7)4-5-13-11(18)8(2)15-12(19)20-3/h6,8H,4-5H2,1-3H3,(H,13,18)(H,15,19)(H,14,16,17)/t8-/m1/s1. The van der Waals surface area contributed by atoms with Crippen molar-refractivity contribution < 1.29 is 14.3 Å². The van der Waals surface area contributed by atoms with Crippen LogP contribution in [0.15, 0.2) is 10.9 Å². The van der Waals surface area contributed by atoms with E-state index in [0.717, 1.165) is 0 Å². The molecule has 1 heterocycles. The van der Waals surface area contributed by atoms with E-state index in [4.69, 9.17) is 0 Å². The number of nitrogens with zero attached hydrogens (tertiary/aromatic N) is 1. The Morgan fingerprint density at radius 1 is 1.50 bits per heavy atom. The van der Waals surface area contributed by atoms with Crippen molar-refractivity contribution in [3.8, 4) is 0 Å². The lowest BCUT2D eigenvalue weighted by molar-refractivity contribution is -0.122. The number of carbonyl (C=O) groups excluding carboxylic acids is 2. The van der Waals surface area contributed by atoms with Crippen LogP contribution >= 0.6 is 0 Å². The number of hydrogen-bond acceptors (Lipinski definition) is 5. The van der Waals surface area contributed by atoms with Crippen LogP contribution in [0, 0.1) is 6.92 Å². The molecule has 110 valence electrons. The number of ether oxygens (including phenoxy) is 1. The number of aryl methyl sites for hydroxylation is 1. The molecule has 1 aromatic rings. The van der Waals surface area contributed by atoms with Gasteiger partial charge in [-0.15, -0.1) is 0 Å². The van der Waals surface area contributed by atoms with Crippen molar-refractivity contribution in [2.24, 2.45) is 0 Å². The van der Waals surface area contributed by atoms with Crippen LogP contribution in [0.4, 0.5) is 4.79 Å². The van der Waals surface area contributed by atoms with Crippen LogP contribution < -0.4 is 16.2 Å². The van der Waals surface area contributed by atoms with E-state index in [-0.39, 0.29) is 11.5 Å². The van der Waals surface area contributed by atoms with E-state index < -0.39 is 12.1 Å². The van der Waals surface area contributed by atoms with Crippen LogP contribution in [0.2, 0.25) is 0 Å². The monoisotopic (exact) mass is 282 g/mol. The smallest absolute Gasteiger partial charge is 0.407 e. The molecule has 0 bridgehead atoms. The third kappa shape index (κ3) is 5.09. The highest BCUT2D eigenvalue weighted by Crippen LogP contribution is 1.91. The first kappa shape index (κ1) is 15.7. The highest BCUT2D eigenvalue weighted by atomic mass is 16.5. The minimum absolute atomic E-state index is 0.223. The summed E-state index contributed by atoms with van der Waals surface area (Å²) in [7, 11) is 1.22. The van der Waals surface area contributed by atoms with Crippen LogP contribution in [0.3, 0.4) is 0 Å². The zero-order valence-electron chi connectivity index (χ0n) is 11.6. The average Bonchev–Trinajstić information content (AvgIpc) is 2.37. The summed E-state index contributed by atoms with van der Waals surface area (Å²) in [5, 5.41) is 4.98. The summed E-state index contributed by atoms with van der Waals surface area (Å²) in [6.07, 6.45) is -0.273. The number of amides is 2. The molecular formula is C12H18N4O4. The van der Waals surface area contributed by atoms with E-state index in [1.54, 1.807) is 13.8 Å². The fourth-order valence-electron chi connectivity index (χ4n) is 1.52. The molecule has 3 N–H and O–H groups in total. The van der Waals surface area contributed by atoms with Gasteiger partial charge in [-0.25, -0.2) is 9.78 Å². The Morgan fingerprint density at radius 2 is 2.20 bits per heavy atom. The predicted octanol–water partition coefficient (Wildman–Crippen LogP) is -0.518. The number of aromatic nitrogens is 2. The molecule has 8 nitrogen and oxygen atoms in total. The second-order valence-electron chi connectivity index (χ2n) is 4.23. The van der Waals surface area contributed by atoms with Crippen molar-refractivity contribution in [3.05, 3.63) is 27.9 Å². The first-order valence-corrected chi connectivity index (χ1v) is 6.11. The molecule has 0 aromatic carbocycles. The van der Waals surface area contributed by atoms with Crippen LogP contribution in [0.5, 0.6) is 0 Å². The summed E-state index contributed by atoms with van der Waals surface area (Å²) in [6, 6.07) is 0.691. The lowest BCUT2D eigenvalue weighted by Gasteiger charge is -2.12. The largest absolute Gasteiger partial charge is 0.453 e. The Morgan fingerprint density at radius 3 is 2.80 bits per heavy atom. The molecule has 1 rings (SSSR count). The average molecular weight is 282 g/mol. The van der Waals surface area contributed by atoms with Gasteiger partial charge >= 0.3 is 6.09 Å². The van der Waals surface area contributed by atoms with Crippen molar-refractivity contribution in [1.29, 1.82) is 0 Å². The summed E-state index contributed by atoms with van der Waals surface area (Å²) in [5.41, 5.74) is 0.398. The van der Waals surface area contributed by atoms with Crippen LogP contribution in [0.1, 0.15) is 18.4 Å². The molecule has 2 amide bonds. The maximum absolute atomic E-state index is 11.6. The molecule has 0 saturated carbocycles. The van der Waals surface area contributed by atoms with Gasteiger partial charge in [0.05, 0.1) is 7.11 Å². The van der Waals surface area contributed by atoms with Crippen molar-refractivity contribution in [3.63, 3.8) is 0 Å². The van der Waals surface area contributed by atoms with Gasteiger partial charge in [-0.1, -0.05) is 0 Å². The van der Waals surface area contributed by atoms with Gasteiger partial charge in [0.15, 0.2) is 0 Å². The molecule has 1 atom stereocenters. The summed E-state index contributed by atoms with van der Waals surface area (Å²) in [6.45, 7) is 3.57. The zero-order chi connectivity index (χ0) is 15.1. The third-order valence-electron chi connectivity index (χ3n) is 2.49. The maximum atomic E-state index is 11.6. The summed E-state index contributed by atoms with van der Waals surface area (Å²) < 4.78 is 4.39. The molecule has 0 aliphatic heterocycles. The van der Waals surface area contributed by atoms with Gasteiger partial charge in [-0.2, -0.15) is 0 Å². The van der Waals surface area contributed by atoms with Crippen molar-refractivity contribution >= 4 is 12.0 Å². The molecule has 0 aliphatic carbocycles. The normalized spacial score (nSPS) is 11.6. The zero-order valence-corrected chi connectivity index (χ0v) is 11.6. The summed E-state index contributed by atoms with van der Waals surface area (Å²) in [4.78, 5) is 40.5. The first-order chi connectivity index (χ1) is 9.42. The van der Waals surface area contributed by atoms with Crippen molar-refractivity contribution in [2.75, 3.05) is 13.7 Å². The molecule has 0 saturated heterocycles. The number of rotatable bonds is 5. The van der Waals surface area contributed by atoms with Gasteiger partial charge in [-0.05, 0) is 13.8 Å². The SMILES string of the molecule is COC(=O)N[C@H](C)C(=O)NCCc1nc(C)cc(=O)[nH]1. The molecular weight excluding hydrogens is 264 g/mol. The number of aromatic amines is 1. The van der Waals surface area contributed by atoms with E-state index in [0.29, 0.717) is 24.5 Å². The Kier molecular flexibility index (Phi) is 5.70. The van der Waals surface area contributed by atoms with E-state index in [1.165, 1.54) is 13.2 Å². The fourth-order valence-corrected chi connectivity index (χ4v) is 1.52. The third-order valence-corrected chi connectivity index (χ3v) is 2.49. The van der Waals surface area contributed by atoms with Crippen LogP contribution in [-0.4, -0.2) is 41.7 Å². The molecule has 20 heavy (non-hydrogen) atoms. The minimum Gasteiger partial charge on any atom is -0.453 e. The van der Waals surface area contributed by atoms with Gasteiger partial charge in [0.2, 0.25) is 5.91 Å². The van der Waals surface area contributed by atoms with Gasteiger partial charge in [-0.3, -0.25) is 9.59 Å². The van der Waals surface area contributed by atoms with E-state index in [9.17, 15) is 14.4 Å². The minimum atomic E-state index is -0.702. The highest BCUT2D eigenvalue weighted by molar-refractivity contribution is 5.85. The highest BCUT2D eigenvalue weighted by Gasteiger charge is 2.15. The second-order valence-corrected chi connectivity index (χ2v) is 4.23. The quantitative estimate of drug-likeness (QED) is 0.672. The predicted molar refractivity (Wildman–Crippen MR) is 71.3 cm³/mol. The van der Waals surface area contributed by atoms with Gasteiger partial charge in [0.1, 0.15) is 11.9 Å². The number of alkyl carbamates (subject to hydrolysis) is 1. The molecule has 0 fully saturated rings. The number of H-pyrrole nitrogens is 1. The molecule has 0 unspecified atom stereocenters. The van der Waals surface area contributed by atoms with E-state index >= 15 is 0 Å². The Hall–Kier alpha value is -2.38. The van der Waals surface area contributed by atoms with E-state index in [2.05, 4.69) is 25.3 Å². The maximum Gasteiger partial charge on any atom is 0.407 e. The lowest BCUT2D eigenvalue weighted by atomic mass is 10.3. The van der Waals surface area contributed by atoms with Crippen molar-refractivity contribution in [2.45, 2.75) is 26.3 Å². The van der Waals surface area contributed by atoms with Gasteiger partial charge in [0.25, 0.3) is 5.56 Å². The number of hydrogen-bond donors (Lipinski definition) is 3. The summed E-state index contributed by atoms with van der Waals surface area (Å²) in [5.74, 6) is 0.161. The number of methoxy groups -OCH3 is 1. The molecule has 8 heteroatoms. The number of nitrogens with one attached hydrogen (secondary N) is 3. The molecule has 1 aromatic heterocycles. The van der Waals surface area contributed by atoms with Crippen molar-refractivity contribution in [1.82, 2.24) is 20.6 Å². The fraction of sp³-hybridized carbons (Fsp3) is 0.500. The molecule has 0 spiro atoms. The molecule has 0 radical (unpaired) electrons. The molecule has 0 aliphatic rings. The van der Waals surface area contributed by atoms with Crippen LogP contribution in [-0.2, 0) is 16.0 Å².